The molecule has 0 aliphatic rings. The molecule has 0 atom stereocenters. The third-order valence-corrected chi connectivity index (χ3v) is 2.30. The molecule has 16 heavy (non-hydrogen) atoms. The number of carbonyl (C=O) groups is 1. The highest BCUT2D eigenvalue weighted by atomic mass is 16.5. The molecule has 2 heteroatoms. The van der Waals surface area contributed by atoms with Gasteiger partial charge in [-0.25, -0.2) is 0 Å². The van der Waals surface area contributed by atoms with Crippen molar-refractivity contribution < 1.29 is 9.53 Å². The molecule has 86 valence electrons. The van der Waals surface area contributed by atoms with E-state index >= 15 is 0 Å². The molecule has 0 aliphatic heterocycles. The zero-order valence-electron chi connectivity index (χ0n) is 9.74. The van der Waals surface area contributed by atoms with E-state index in [-0.39, 0.29) is 5.97 Å². The van der Waals surface area contributed by atoms with E-state index in [1.54, 1.807) is 0 Å². The van der Waals surface area contributed by atoms with Crippen molar-refractivity contribution in [1.29, 1.82) is 0 Å². The van der Waals surface area contributed by atoms with E-state index in [0.717, 1.165) is 17.6 Å². The van der Waals surface area contributed by atoms with Crippen LogP contribution in [-0.4, -0.2) is 12.6 Å². The minimum Gasteiger partial charge on any atom is -0.465 e. The lowest BCUT2D eigenvalue weighted by Crippen LogP contribution is -2.05. The molecule has 0 amide bonds. The van der Waals surface area contributed by atoms with Crippen LogP contribution in [0.1, 0.15) is 31.7 Å². The molecular weight excluding hydrogens is 200 g/mol. The van der Waals surface area contributed by atoms with Gasteiger partial charge in [-0.3, -0.25) is 4.79 Å². The number of hydrogen-bond acceptors (Lipinski definition) is 2. The standard InChI is InChI=1S/C14H18O2/c1-3-7-14(15)16-11-10-12(2)13-8-5-4-6-9-13/h4-6,8-9H,2-3,7,10-11H2,1H3. The van der Waals surface area contributed by atoms with Gasteiger partial charge in [-0.15, -0.1) is 0 Å². The summed E-state index contributed by atoms with van der Waals surface area (Å²) in [5, 5.41) is 0. The van der Waals surface area contributed by atoms with E-state index in [1.165, 1.54) is 0 Å². The van der Waals surface area contributed by atoms with Crippen LogP contribution in [-0.2, 0) is 9.53 Å². The summed E-state index contributed by atoms with van der Waals surface area (Å²) in [6.45, 7) is 6.36. The molecule has 1 aromatic rings. The van der Waals surface area contributed by atoms with Crippen molar-refractivity contribution in [2.45, 2.75) is 26.2 Å². The summed E-state index contributed by atoms with van der Waals surface area (Å²) in [5.41, 5.74) is 2.11. The van der Waals surface area contributed by atoms with Gasteiger partial charge < -0.3 is 4.74 Å². The van der Waals surface area contributed by atoms with E-state index in [4.69, 9.17) is 4.74 Å². The fourth-order valence-electron chi connectivity index (χ4n) is 1.38. The first-order valence-electron chi connectivity index (χ1n) is 5.63. The highest BCUT2D eigenvalue weighted by Gasteiger charge is 2.02. The Kier molecular flexibility index (Phi) is 5.34. The van der Waals surface area contributed by atoms with Gasteiger partial charge in [0.15, 0.2) is 0 Å². The van der Waals surface area contributed by atoms with Crippen LogP contribution < -0.4 is 0 Å². The first kappa shape index (κ1) is 12.5. The number of esters is 1. The first-order chi connectivity index (χ1) is 7.74. The smallest absolute Gasteiger partial charge is 0.305 e. The van der Waals surface area contributed by atoms with Gasteiger partial charge >= 0.3 is 5.97 Å². The van der Waals surface area contributed by atoms with Crippen LogP contribution in [0.15, 0.2) is 36.9 Å². The van der Waals surface area contributed by atoms with Gasteiger partial charge in [-0.05, 0) is 17.6 Å². The van der Waals surface area contributed by atoms with Crippen molar-refractivity contribution in [3.05, 3.63) is 42.5 Å². The molecule has 0 spiro atoms. The van der Waals surface area contributed by atoms with Gasteiger partial charge in [0.25, 0.3) is 0 Å². The fraction of sp³-hybridized carbons (Fsp3) is 0.357. The lowest BCUT2D eigenvalue weighted by molar-refractivity contribution is -0.143. The molecule has 0 saturated heterocycles. The fourth-order valence-corrected chi connectivity index (χ4v) is 1.38. The molecule has 0 fully saturated rings. The first-order valence-corrected chi connectivity index (χ1v) is 5.63. The molecular formula is C14H18O2. The Morgan fingerprint density at radius 3 is 2.56 bits per heavy atom. The maximum Gasteiger partial charge on any atom is 0.305 e. The lowest BCUT2D eigenvalue weighted by Gasteiger charge is -2.06. The highest BCUT2D eigenvalue weighted by molar-refractivity contribution is 5.69. The van der Waals surface area contributed by atoms with Crippen LogP contribution in [0, 0.1) is 0 Å². The zero-order chi connectivity index (χ0) is 11.8. The lowest BCUT2D eigenvalue weighted by atomic mass is 10.1. The molecule has 0 aromatic heterocycles. The molecule has 1 aromatic carbocycles. The summed E-state index contributed by atoms with van der Waals surface area (Å²) in [7, 11) is 0. The third kappa shape index (κ3) is 4.30. The van der Waals surface area contributed by atoms with Gasteiger partial charge in [-0.2, -0.15) is 0 Å². The number of ether oxygens (including phenoxy) is 1. The highest BCUT2D eigenvalue weighted by Crippen LogP contribution is 2.15. The van der Waals surface area contributed by atoms with Crippen LogP contribution in [0.5, 0.6) is 0 Å². The molecule has 0 radical (unpaired) electrons. The molecule has 0 aliphatic carbocycles. The summed E-state index contributed by atoms with van der Waals surface area (Å²) in [6, 6.07) is 9.94. The van der Waals surface area contributed by atoms with Crippen molar-refractivity contribution in [3.8, 4) is 0 Å². The van der Waals surface area contributed by atoms with E-state index in [0.29, 0.717) is 19.4 Å². The summed E-state index contributed by atoms with van der Waals surface area (Å²) < 4.78 is 5.07. The maximum atomic E-state index is 11.1. The SMILES string of the molecule is C=C(CCOC(=O)CCC)c1ccccc1. The topological polar surface area (TPSA) is 26.3 Å². The van der Waals surface area contributed by atoms with Crippen molar-refractivity contribution in [1.82, 2.24) is 0 Å². The second-order valence-corrected chi connectivity index (χ2v) is 3.69. The predicted molar refractivity (Wildman–Crippen MR) is 66.0 cm³/mol. The van der Waals surface area contributed by atoms with E-state index in [2.05, 4.69) is 6.58 Å². The molecule has 0 bridgehead atoms. The number of carbonyl (C=O) groups excluding carboxylic acids is 1. The number of hydrogen-bond donors (Lipinski definition) is 0. The molecule has 0 N–H and O–H groups in total. The predicted octanol–water partition coefficient (Wildman–Crippen LogP) is 3.43. The average molecular weight is 218 g/mol. The second-order valence-electron chi connectivity index (χ2n) is 3.69. The monoisotopic (exact) mass is 218 g/mol. The van der Waals surface area contributed by atoms with Gasteiger partial charge in [0.05, 0.1) is 6.61 Å². The normalized spacial score (nSPS) is 9.81. The maximum absolute atomic E-state index is 11.1. The van der Waals surface area contributed by atoms with Crippen molar-refractivity contribution >= 4 is 11.5 Å². The molecule has 0 saturated carbocycles. The quantitative estimate of drug-likeness (QED) is 0.684. The van der Waals surface area contributed by atoms with Gasteiger partial charge in [0, 0.05) is 12.8 Å². The summed E-state index contributed by atoms with van der Waals surface area (Å²) in [4.78, 5) is 11.1. The van der Waals surface area contributed by atoms with Crippen molar-refractivity contribution in [2.75, 3.05) is 6.61 Å². The Bertz CT molecular complexity index is 341. The van der Waals surface area contributed by atoms with E-state index in [1.807, 2.05) is 37.3 Å². The number of rotatable bonds is 6. The second kappa shape index (κ2) is 6.83. The molecule has 2 nitrogen and oxygen atoms in total. The van der Waals surface area contributed by atoms with E-state index < -0.39 is 0 Å². The van der Waals surface area contributed by atoms with Crippen LogP contribution >= 0.6 is 0 Å². The van der Waals surface area contributed by atoms with Crippen molar-refractivity contribution in [3.63, 3.8) is 0 Å². The Morgan fingerprint density at radius 1 is 1.25 bits per heavy atom. The summed E-state index contributed by atoms with van der Waals surface area (Å²) >= 11 is 0. The van der Waals surface area contributed by atoms with Crippen LogP contribution in [0.4, 0.5) is 0 Å². The Balaban J connectivity index is 2.29. The van der Waals surface area contributed by atoms with Gasteiger partial charge in [0.2, 0.25) is 0 Å². The van der Waals surface area contributed by atoms with Crippen LogP contribution in [0.2, 0.25) is 0 Å². The van der Waals surface area contributed by atoms with E-state index in [9.17, 15) is 4.79 Å². The molecule has 0 heterocycles. The summed E-state index contributed by atoms with van der Waals surface area (Å²) in [5.74, 6) is -0.122. The Morgan fingerprint density at radius 2 is 1.94 bits per heavy atom. The van der Waals surface area contributed by atoms with Gasteiger partial charge in [0.1, 0.15) is 0 Å². The molecule has 0 unspecified atom stereocenters. The minimum atomic E-state index is -0.122. The van der Waals surface area contributed by atoms with Crippen LogP contribution in [0.25, 0.3) is 5.57 Å². The third-order valence-electron chi connectivity index (χ3n) is 2.30. The summed E-state index contributed by atoms with van der Waals surface area (Å²) in [6.07, 6.45) is 2.02. The Labute approximate surface area is 96.9 Å². The van der Waals surface area contributed by atoms with Crippen LogP contribution in [0.3, 0.4) is 0 Å². The van der Waals surface area contributed by atoms with Gasteiger partial charge in [-0.1, -0.05) is 43.8 Å². The number of benzene rings is 1. The Hall–Kier alpha value is -1.57. The minimum absolute atomic E-state index is 0.122. The average Bonchev–Trinajstić information content (AvgIpc) is 2.30. The van der Waals surface area contributed by atoms with Crippen molar-refractivity contribution in [2.24, 2.45) is 0 Å². The molecule has 1 rings (SSSR count). The largest absolute Gasteiger partial charge is 0.465 e. The zero-order valence-corrected chi connectivity index (χ0v) is 9.74.